The van der Waals surface area contributed by atoms with Gasteiger partial charge in [0.1, 0.15) is 0 Å². The highest BCUT2D eigenvalue weighted by molar-refractivity contribution is 5.80. The summed E-state index contributed by atoms with van der Waals surface area (Å²) in [6, 6.07) is 1.18. The Hall–Kier alpha value is -0.650. The Morgan fingerprint density at radius 2 is 1.75 bits per heavy atom. The second-order valence-electron chi connectivity index (χ2n) is 6.43. The Kier molecular flexibility index (Phi) is 4.58. The molecule has 3 heterocycles. The monoisotopic (exact) mass is 281 g/mol. The molecular formula is C15H27N3O2. The van der Waals surface area contributed by atoms with Gasteiger partial charge in [-0.1, -0.05) is 0 Å². The van der Waals surface area contributed by atoms with Gasteiger partial charge < -0.3 is 10.5 Å². The number of carbonyl (C=O) groups is 1. The van der Waals surface area contributed by atoms with Crippen LogP contribution in [0.4, 0.5) is 0 Å². The molecule has 3 fully saturated rings. The van der Waals surface area contributed by atoms with Crippen molar-refractivity contribution in [2.45, 2.75) is 56.7 Å². The molecule has 3 aliphatic rings. The van der Waals surface area contributed by atoms with Crippen molar-refractivity contribution >= 4 is 5.91 Å². The molecule has 5 heteroatoms. The first kappa shape index (κ1) is 14.3. The summed E-state index contributed by atoms with van der Waals surface area (Å²) in [4.78, 5) is 16.6. The largest absolute Gasteiger partial charge is 0.381 e. The van der Waals surface area contributed by atoms with E-state index in [9.17, 15) is 4.79 Å². The zero-order valence-corrected chi connectivity index (χ0v) is 12.3. The summed E-state index contributed by atoms with van der Waals surface area (Å²) in [5.74, 6) is -0.134. The second kappa shape index (κ2) is 6.41. The van der Waals surface area contributed by atoms with Gasteiger partial charge in [-0.3, -0.25) is 14.6 Å². The maximum Gasteiger partial charge on any atom is 0.234 e. The van der Waals surface area contributed by atoms with Crippen molar-refractivity contribution in [2.75, 3.05) is 32.8 Å². The maximum atomic E-state index is 11.6. The molecular weight excluding hydrogens is 254 g/mol. The molecule has 3 rings (SSSR count). The molecule has 1 unspecified atom stereocenters. The van der Waals surface area contributed by atoms with Gasteiger partial charge in [-0.25, -0.2) is 0 Å². The third-order valence-corrected chi connectivity index (χ3v) is 5.23. The number of ether oxygens (including phenoxy) is 1. The summed E-state index contributed by atoms with van der Waals surface area (Å²) in [7, 11) is 0. The number of carbonyl (C=O) groups excluding carboxylic acids is 1. The van der Waals surface area contributed by atoms with Gasteiger partial charge in [0.05, 0.1) is 6.04 Å². The Balaban J connectivity index is 1.61. The predicted octanol–water partition coefficient (Wildman–Crippen LogP) is 0.580. The number of primary amides is 1. The van der Waals surface area contributed by atoms with E-state index in [0.29, 0.717) is 12.1 Å². The molecule has 3 saturated heterocycles. The van der Waals surface area contributed by atoms with E-state index in [1.807, 2.05) is 0 Å². The highest BCUT2D eigenvalue weighted by Crippen LogP contribution is 2.27. The van der Waals surface area contributed by atoms with Gasteiger partial charge >= 0.3 is 0 Å². The van der Waals surface area contributed by atoms with Crippen LogP contribution in [0.1, 0.15) is 38.5 Å². The fourth-order valence-corrected chi connectivity index (χ4v) is 4.17. The van der Waals surface area contributed by atoms with Crippen molar-refractivity contribution in [3.8, 4) is 0 Å². The van der Waals surface area contributed by atoms with Crippen molar-refractivity contribution in [1.29, 1.82) is 0 Å². The Morgan fingerprint density at radius 3 is 2.50 bits per heavy atom. The van der Waals surface area contributed by atoms with Crippen LogP contribution >= 0.6 is 0 Å². The third kappa shape index (κ3) is 3.00. The third-order valence-electron chi connectivity index (χ3n) is 5.23. The van der Waals surface area contributed by atoms with Crippen LogP contribution in [0.2, 0.25) is 0 Å². The van der Waals surface area contributed by atoms with Gasteiger partial charge in [0.25, 0.3) is 0 Å². The molecule has 5 nitrogen and oxygen atoms in total. The van der Waals surface area contributed by atoms with Crippen LogP contribution in [0.25, 0.3) is 0 Å². The molecule has 0 saturated carbocycles. The molecule has 0 aromatic heterocycles. The summed E-state index contributed by atoms with van der Waals surface area (Å²) in [5.41, 5.74) is 5.56. The van der Waals surface area contributed by atoms with Crippen molar-refractivity contribution in [2.24, 2.45) is 5.73 Å². The van der Waals surface area contributed by atoms with E-state index in [1.165, 1.54) is 19.4 Å². The number of rotatable bonds is 3. The maximum absolute atomic E-state index is 11.6. The Bertz CT molecular complexity index is 344. The number of hydrogen-bond donors (Lipinski definition) is 1. The fourth-order valence-electron chi connectivity index (χ4n) is 4.17. The first-order chi connectivity index (χ1) is 9.75. The van der Waals surface area contributed by atoms with E-state index < -0.39 is 0 Å². The number of nitrogens with zero attached hydrogens (tertiary/aromatic N) is 2. The minimum atomic E-state index is -0.134. The second-order valence-corrected chi connectivity index (χ2v) is 6.43. The molecule has 0 bridgehead atoms. The van der Waals surface area contributed by atoms with E-state index in [1.54, 1.807) is 0 Å². The van der Waals surface area contributed by atoms with Crippen LogP contribution in [0.5, 0.6) is 0 Å². The minimum Gasteiger partial charge on any atom is -0.381 e. The number of piperidine rings is 1. The van der Waals surface area contributed by atoms with Crippen molar-refractivity contribution < 1.29 is 9.53 Å². The zero-order chi connectivity index (χ0) is 13.9. The average Bonchev–Trinajstić information content (AvgIpc) is 2.98. The lowest BCUT2D eigenvalue weighted by Crippen LogP contribution is -2.55. The summed E-state index contributed by atoms with van der Waals surface area (Å²) in [6.07, 6.45) is 6.83. The van der Waals surface area contributed by atoms with E-state index in [4.69, 9.17) is 10.5 Å². The smallest absolute Gasteiger partial charge is 0.234 e. The number of hydrogen-bond acceptors (Lipinski definition) is 4. The van der Waals surface area contributed by atoms with Crippen molar-refractivity contribution in [1.82, 2.24) is 9.80 Å². The normalized spacial score (nSPS) is 34.4. The molecule has 2 atom stereocenters. The van der Waals surface area contributed by atoms with E-state index in [-0.39, 0.29) is 11.9 Å². The van der Waals surface area contributed by atoms with E-state index >= 15 is 0 Å². The van der Waals surface area contributed by atoms with Gasteiger partial charge in [-0.15, -0.1) is 0 Å². The number of likely N-dealkylation sites (tertiary alicyclic amines) is 2. The number of nitrogens with two attached hydrogens (primary N) is 1. The molecule has 3 aliphatic heterocycles. The van der Waals surface area contributed by atoms with Gasteiger partial charge in [0.2, 0.25) is 5.91 Å². The van der Waals surface area contributed by atoms with Crippen LogP contribution in [0.15, 0.2) is 0 Å². The lowest BCUT2D eigenvalue weighted by Gasteiger charge is -2.43. The molecule has 0 spiro atoms. The highest BCUT2D eigenvalue weighted by Gasteiger charge is 2.37. The van der Waals surface area contributed by atoms with Crippen LogP contribution in [0, 0.1) is 0 Å². The van der Waals surface area contributed by atoms with E-state index in [0.717, 1.165) is 52.0 Å². The summed E-state index contributed by atoms with van der Waals surface area (Å²) >= 11 is 0. The number of amides is 1. The zero-order valence-electron chi connectivity index (χ0n) is 12.3. The van der Waals surface area contributed by atoms with Gasteiger partial charge in [-0.05, 0) is 51.6 Å². The Morgan fingerprint density at radius 1 is 1.00 bits per heavy atom. The van der Waals surface area contributed by atoms with Crippen LogP contribution < -0.4 is 5.73 Å². The topological polar surface area (TPSA) is 58.8 Å². The van der Waals surface area contributed by atoms with Crippen LogP contribution in [-0.2, 0) is 9.53 Å². The molecule has 0 aliphatic carbocycles. The highest BCUT2D eigenvalue weighted by atomic mass is 16.5. The van der Waals surface area contributed by atoms with Crippen LogP contribution in [-0.4, -0.2) is 66.7 Å². The predicted molar refractivity (Wildman–Crippen MR) is 77.4 cm³/mol. The lowest BCUT2D eigenvalue weighted by molar-refractivity contribution is -0.123. The van der Waals surface area contributed by atoms with Crippen molar-refractivity contribution in [3.05, 3.63) is 0 Å². The SMILES string of the molecule is NC(=O)C1CCCN1[C@@H]1CCCN(C2CCOCC2)C1. The minimum absolute atomic E-state index is 0.0189. The fraction of sp³-hybridized carbons (Fsp3) is 0.933. The first-order valence-corrected chi connectivity index (χ1v) is 8.12. The summed E-state index contributed by atoms with van der Waals surface area (Å²) in [6.45, 7) is 5.16. The average molecular weight is 281 g/mol. The molecule has 1 amide bonds. The van der Waals surface area contributed by atoms with E-state index in [2.05, 4.69) is 9.80 Å². The van der Waals surface area contributed by atoms with Gasteiger partial charge in [0.15, 0.2) is 0 Å². The molecule has 0 aromatic carbocycles. The standard InChI is InChI=1S/C15H27N3O2/c16-15(19)14-4-2-8-18(14)13-3-1-7-17(11-13)12-5-9-20-10-6-12/h12-14H,1-11H2,(H2,16,19)/t13-,14?/m1/s1. The molecule has 2 N–H and O–H groups in total. The Labute approximate surface area is 121 Å². The molecule has 114 valence electrons. The molecule has 20 heavy (non-hydrogen) atoms. The van der Waals surface area contributed by atoms with Gasteiger partial charge in [0, 0.05) is 31.8 Å². The lowest BCUT2D eigenvalue weighted by atomic mass is 9.98. The molecule has 0 aromatic rings. The summed E-state index contributed by atoms with van der Waals surface area (Å²) in [5, 5.41) is 0. The van der Waals surface area contributed by atoms with Crippen LogP contribution in [0.3, 0.4) is 0 Å². The molecule has 0 radical (unpaired) electrons. The van der Waals surface area contributed by atoms with Gasteiger partial charge in [-0.2, -0.15) is 0 Å². The first-order valence-electron chi connectivity index (χ1n) is 8.12. The quantitative estimate of drug-likeness (QED) is 0.822. The summed E-state index contributed by atoms with van der Waals surface area (Å²) < 4.78 is 5.47. The van der Waals surface area contributed by atoms with Crippen molar-refractivity contribution in [3.63, 3.8) is 0 Å².